The van der Waals surface area contributed by atoms with Gasteiger partial charge in [0.1, 0.15) is 12.0 Å². The fourth-order valence-electron chi connectivity index (χ4n) is 4.90. The minimum Gasteiger partial charge on any atom is -0.462 e. The van der Waals surface area contributed by atoms with E-state index in [0.717, 1.165) is 44.2 Å². The molecule has 2 aliphatic carbocycles. The van der Waals surface area contributed by atoms with E-state index < -0.39 is 16.8 Å². The summed E-state index contributed by atoms with van der Waals surface area (Å²) in [5, 5.41) is 11.1. The summed E-state index contributed by atoms with van der Waals surface area (Å²) in [6.07, 6.45) is 6.78. The summed E-state index contributed by atoms with van der Waals surface area (Å²) in [5.41, 5.74) is 2.65. The first kappa shape index (κ1) is 20.4. The molecule has 0 N–H and O–H groups in total. The third kappa shape index (κ3) is 3.93. The van der Waals surface area contributed by atoms with Gasteiger partial charge in [-0.05, 0) is 51.0 Å². The monoisotopic (exact) mass is 410 g/mol. The van der Waals surface area contributed by atoms with Gasteiger partial charge in [0, 0.05) is 41.5 Å². The molecule has 1 aromatic rings. The Morgan fingerprint density at radius 3 is 2.47 bits per heavy atom. The van der Waals surface area contributed by atoms with Crippen LogP contribution in [-0.2, 0) is 14.3 Å². The Kier molecular flexibility index (Phi) is 5.79. The lowest BCUT2D eigenvalue weighted by Crippen LogP contribution is -2.38. The zero-order chi connectivity index (χ0) is 21.3. The van der Waals surface area contributed by atoms with Gasteiger partial charge < -0.3 is 4.74 Å². The van der Waals surface area contributed by atoms with E-state index in [1.165, 1.54) is 12.1 Å². The Hall–Kier alpha value is -2.83. The van der Waals surface area contributed by atoms with Crippen LogP contribution in [0.1, 0.15) is 69.8 Å². The van der Waals surface area contributed by atoms with E-state index in [1.54, 1.807) is 12.1 Å². The van der Waals surface area contributed by atoms with Crippen LogP contribution in [0.3, 0.4) is 0 Å². The number of carbonyl (C=O) groups is 2. The van der Waals surface area contributed by atoms with Gasteiger partial charge in [-0.3, -0.25) is 24.7 Å². The molecule has 30 heavy (non-hydrogen) atoms. The number of rotatable bonds is 4. The van der Waals surface area contributed by atoms with E-state index in [9.17, 15) is 19.7 Å². The number of ketones is 1. The number of ether oxygens (including phenoxy) is 1. The third-order valence-electron chi connectivity index (χ3n) is 6.39. The van der Waals surface area contributed by atoms with Crippen LogP contribution >= 0.6 is 0 Å². The number of hydrogen-bond acceptors (Lipinski definition) is 6. The molecule has 0 aromatic heterocycles. The molecule has 2 atom stereocenters. The molecular weight excluding hydrogens is 384 g/mol. The molecule has 1 aromatic carbocycles. The van der Waals surface area contributed by atoms with Crippen molar-refractivity contribution < 1.29 is 19.2 Å². The standard InChI is InChI=1S/C23H26N2O5/c1-14-20(23(27)30-17-6-3-2-4-7-17)21(15-10-12-16(13-11-15)25(28)29)22-18(24-14)8-5-9-19(22)26/h10-13,17,20-21H,2-9H2,1H3/t20?,21-/m1/s1. The number of allylic oxidation sites excluding steroid dienone is 2. The zero-order valence-corrected chi connectivity index (χ0v) is 17.1. The number of nitrogens with zero attached hydrogens (tertiary/aromatic N) is 2. The number of hydrogen-bond donors (Lipinski definition) is 0. The van der Waals surface area contributed by atoms with Crippen LogP contribution in [0, 0.1) is 16.0 Å². The number of non-ortho nitro benzene ring substituents is 1. The van der Waals surface area contributed by atoms with Crippen molar-refractivity contribution in [1.29, 1.82) is 0 Å². The predicted molar refractivity (Wildman–Crippen MR) is 111 cm³/mol. The number of Topliss-reactive ketones (excluding diaryl/α,β-unsaturated/α-hetero) is 1. The van der Waals surface area contributed by atoms with Crippen LogP contribution in [0.15, 0.2) is 40.5 Å². The Morgan fingerprint density at radius 1 is 1.10 bits per heavy atom. The van der Waals surface area contributed by atoms with Gasteiger partial charge in [0.15, 0.2) is 5.78 Å². The lowest BCUT2D eigenvalue weighted by molar-refractivity contribution is -0.384. The zero-order valence-electron chi connectivity index (χ0n) is 17.1. The van der Waals surface area contributed by atoms with Gasteiger partial charge in [0.05, 0.1) is 4.92 Å². The van der Waals surface area contributed by atoms with Crippen molar-refractivity contribution in [3.8, 4) is 0 Å². The topological polar surface area (TPSA) is 98.9 Å². The average molecular weight is 410 g/mol. The molecule has 7 heteroatoms. The van der Waals surface area contributed by atoms with Crippen LogP contribution in [0.2, 0.25) is 0 Å². The number of carbonyl (C=O) groups excluding carboxylic acids is 2. The van der Waals surface area contributed by atoms with Crippen LogP contribution in [0.5, 0.6) is 0 Å². The molecular formula is C23H26N2O5. The number of nitro benzene ring substituents is 1. The van der Waals surface area contributed by atoms with Gasteiger partial charge in [-0.2, -0.15) is 0 Å². The summed E-state index contributed by atoms with van der Waals surface area (Å²) in [7, 11) is 0. The second kappa shape index (κ2) is 8.50. The molecule has 7 nitrogen and oxygen atoms in total. The molecule has 0 saturated heterocycles. The fourth-order valence-corrected chi connectivity index (χ4v) is 4.90. The first-order valence-electron chi connectivity index (χ1n) is 10.7. The molecule has 0 spiro atoms. The van der Waals surface area contributed by atoms with Crippen molar-refractivity contribution in [3.05, 3.63) is 51.2 Å². The lowest BCUT2D eigenvalue weighted by Gasteiger charge is -2.35. The molecule has 4 rings (SSSR count). The Bertz CT molecular complexity index is 925. The van der Waals surface area contributed by atoms with E-state index in [1.807, 2.05) is 6.92 Å². The maximum Gasteiger partial charge on any atom is 0.315 e. The smallest absolute Gasteiger partial charge is 0.315 e. The number of esters is 1. The van der Waals surface area contributed by atoms with Crippen LogP contribution in [0.4, 0.5) is 5.69 Å². The van der Waals surface area contributed by atoms with Crippen molar-refractivity contribution in [2.45, 2.75) is 70.3 Å². The number of nitro groups is 1. The molecule has 1 heterocycles. The SMILES string of the molecule is CC1=NC2=C(C(=O)CCC2)[C@H](c2ccc([N+](=O)[O-])cc2)C1C(=O)OC1CCCCC1. The number of benzene rings is 1. The average Bonchev–Trinajstić information content (AvgIpc) is 2.73. The van der Waals surface area contributed by atoms with E-state index in [2.05, 4.69) is 4.99 Å². The molecule has 1 fully saturated rings. The highest BCUT2D eigenvalue weighted by Crippen LogP contribution is 2.44. The van der Waals surface area contributed by atoms with Crippen molar-refractivity contribution in [1.82, 2.24) is 0 Å². The molecule has 158 valence electrons. The summed E-state index contributed by atoms with van der Waals surface area (Å²) < 4.78 is 5.87. The summed E-state index contributed by atoms with van der Waals surface area (Å²) in [6, 6.07) is 6.14. The highest BCUT2D eigenvalue weighted by atomic mass is 16.6. The summed E-state index contributed by atoms with van der Waals surface area (Å²) >= 11 is 0. The maximum absolute atomic E-state index is 13.3. The number of aliphatic imine (C=N–C) groups is 1. The summed E-state index contributed by atoms with van der Waals surface area (Å²) in [5.74, 6) is -1.54. The van der Waals surface area contributed by atoms with E-state index in [0.29, 0.717) is 29.7 Å². The Morgan fingerprint density at radius 2 is 1.80 bits per heavy atom. The fraction of sp³-hybridized carbons (Fsp3) is 0.522. The molecule has 1 unspecified atom stereocenters. The first-order valence-corrected chi connectivity index (χ1v) is 10.7. The highest BCUT2D eigenvalue weighted by Gasteiger charge is 2.43. The molecule has 0 radical (unpaired) electrons. The van der Waals surface area contributed by atoms with E-state index >= 15 is 0 Å². The second-order valence-electron chi connectivity index (χ2n) is 8.39. The Balaban J connectivity index is 1.72. The molecule has 3 aliphatic rings. The van der Waals surface area contributed by atoms with Crippen molar-refractivity contribution >= 4 is 23.2 Å². The molecule has 0 amide bonds. The van der Waals surface area contributed by atoms with Crippen LogP contribution in [0.25, 0.3) is 0 Å². The maximum atomic E-state index is 13.3. The second-order valence-corrected chi connectivity index (χ2v) is 8.39. The third-order valence-corrected chi connectivity index (χ3v) is 6.39. The summed E-state index contributed by atoms with van der Waals surface area (Å²) in [4.78, 5) is 41.4. The van der Waals surface area contributed by atoms with Crippen molar-refractivity contribution in [2.75, 3.05) is 0 Å². The quantitative estimate of drug-likeness (QED) is 0.409. The molecule has 1 saturated carbocycles. The normalized spacial score (nSPS) is 24.8. The van der Waals surface area contributed by atoms with Crippen LogP contribution in [-0.4, -0.2) is 28.5 Å². The molecule has 1 aliphatic heterocycles. The summed E-state index contributed by atoms with van der Waals surface area (Å²) in [6.45, 7) is 1.81. The van der Waals surface area contributed by atoms with Gasteiger partial charge in [-0.25, -0.2) is 0 Å². The van der Waals surface area contributed by atoms with Crippen molar-refractivity contribution in [2.24, 2.45) is 10.9 Å². The minimum absolute atomic E-state index is 0.00585. The van der Waals surface area contributed by atoms with Gasteiger partial charge >= 0.3 is 5.97 Å². The largest absolute Gasteiger partial charge is 0.462 e. The van der Waals surface area contributed by atoms with E-state index in [4.69, 9.17) is 4.74 Å². The van der Waals surface area contributed by atoms with Crippen molar-refractivity contribution in [3.63, 3.8) is 0 Å². The Labute approximate surface area is 175 Å². The lowest BCUT2D eigenvalue weighted by atomic mass is 9.71. The minimum atomic E-state index is -0.686. The van der Waals surface area contributed by atoms with E-state index in [-0.39, 0.29) is 23.5 Å². The predicted octanol–water partition coefficient (Wildman–Crippen LogP) is 4.65. The molecule has 0 bridgehead atoms. The van der Waals surface area contributed by atoms with Gasteiger partial charge in [-0.1, -0.05) is 18.6 Å². The van der Waals surface area contributed by atoms with Gasteiger partial charge in [-0.15, -0.1) is 0 Å². The van der Waals surface area contributed by atoms with Crippen LogP contribution < -0.4 is 0 Å². The first-order chi connectivity index (χ1) is 14.5. The highest BCUT2D eigenvalue weighted by molar-refractivity contribution is 6.08. The van der Waals surface area contributed by atoms with Gasteiger partial charge in [0.2, 0.25) is 0 Å². The van der Waals surface area contributed by atoms with Gasteiger partial charge in [0.25, 0.3) is 5.69 Å².